The van der Waals surface area contributed by atoms with Crippen molar-refractivity contribution >= 4 is 45.9 Å². The van der Waals surface area contributed by atoms with E-state index in [0.29, 0.717) is 46.4 Å². The summed E-state index contributed by atoms with van der Waals surface area (Å²) < 4.78 is 3.35. The Morgan fingerprint density at radius 1 is 1.08 bits per heavy atom. The van der Waals surface area contributed by atoms with Gasteiger partial charge in [-0.15, -0.1) is 10.2 Å². The number of amides is 2. The smallest absolute Gasteiger partial charge is 0.262 e. The van der Waals surface area contributed by atoms with Gasteiger partial charge in [0.05, 0.1) is 16.7 Å². The van der Waals surface area contributed by atoms with Crippen molar-refractivity contribution in [1.82, 2.24) is 24.5 Å². The number of carbonyl (C=O) groups excluding carboxylic acids is 2. The van der Waals surface area contributed by atoms with Crippen molar-refractivity contribution in [3.8, 4) is 0 Å². The van der Waals surface area contributed by atoms with Crippen LogP contribution < -0.4 is 16.2 Å². The molecule has 0 aliphatic carbocycles. The maximum absolute atomic E-state index is 13.2. The Balaban J connectivity index is 1.70. The zero-order valence-electron chi connectivity index (χ0n) is 20.9. The molecule has 0 saturated carbocycles. The summed E-state index contributed by atoms with van der Waals surface area (Å²) in [5, 5.41) is 15.3. The fourth-order valence-corrected chi connectivity index (χ4v) is 4.54. The quantitative estimate of drug-likeness (QED) is 0.334. The summed E-state index contributed by atoms with van der Waals surface area (Å²) >= 11 is 1.22. The Hall–Kier alpha value is -3.66. The molecule has 0 fully saturated rings. The van der Waals surface area contributed by atoms with Gasteiger partial charge in [0, 0.05) is 24.3 Å². The van der Waals surface area contributed by atoms with Gasteiger partial charge >= 0.3 is 0 Å². The summed E-state index contributed by atoms with van der Waals surface area (Å²) in [7, 11) is 0. The molecular formula is C26H30N6O3S. The van der Waals surface area contributed by atoms with Crippen molar-refractivity contribution in [2.45, 2.75) is 45.8 Å². The third kappa shape index (κ3) is 5.43. The van der Waals surface area contributed by atoms with Crippen LogP contribution in [0.25, 0.3) is 16.7 Å². The molecule has 0 aliphatic rings. The number of fused-ring (bicyclic) bond motifs is 3. The van der Waals surface area contributed by atoms with Gasteiger partial charge in [0.2, 0.25) is 11.7 Å². The van der Waals surface area contributed by atoms with Crippen LogP contribution in [0.1, 0.15) is 43.1 Å². The molecule has 10 heteroatoms. The number of rotatable bonds is 9. The molecule has 188 valence electrons. The molecule has 9 nitrogen and oxygen atoms in total. The Bertz CT molecular complexity index is 1470. The highest BCUT2D eigenvalue weighted by Gasteiger charge is 2.19. The summed E-state index contributed by atoms with van der Waals surface area (Å²) in [6, 6.07) is 12.6. The minimum Gasteiger partial charge on any atom is -0.352 e. The minimum atomic E-state index is -0.212. The standard InChI is InChI=1S/C26H30N6O3S/c1-5-12-31-24(35)20-11-8-18(23(34)27-14-16(2)3)13-21(20)32-25(31)29-30-26(32)36-15-22(33)28-19-9-6-17(4)7-10-19/h6-11,13,16H,5,12,14-15H2,1-4H3,(H,27,34)(H,28,33). The van der Waals surface area contributed by atoms with Crippen LogP contribution in [0.2, 0.25) is 0 Å². The molecule has 0 atom stereocenters. The molecular weight excluding hydrogens is 476 g/mol. The summed E-state index contributed by atoms with van der Waals surface area (Å²) in [6.45, 7) is 9.04. The lowest BCUT2D eigenvalue weighted by atomic mass is 10.1. The van der Waals surface area contributed by atoms with Gasteiger partial charge in [-0.05, 0) is 49.6 Å². The van der Waals surface area contributed by atoms with Gasteiger partial charge in [0.1, 0.15) is 0 Å². The first-order valence-electron chi connectivity index (χ1n) is 12.0. The average Bonchev–Trinajstić information content (AvgIpc) is 3.29. The first-order valence-corrected chi connectivity index (χ1v) is 13.0. The van der Waals surface area contributed by atoms with E-state index in [9.17, 15) is 14.4 Å². The van der Waals surface area contributed by atoms with E-state index in [0.717, 1.165) is 17.7 Å². The molecule has 0 unspecified atom stereocenters. The highest BCUT2D eigenvalue weighted by Crippen LogP contribution is 2.23. The van der Waals surface area contributed by atoms with Crippen LogP contribution in [0, 0.1) is 12.8 Å². The van der Waals surface area contributed by atoms with Gasteiger partial charge in [0.25, 0.3) is 11.5 Å². The van der Waals surface area contributed by atoms with E-state index in [4.69, 9.17) is 0 Å². The molecule has 0 aliphatic heterocycles. The van der Waals surface area contributed by atoms with E-state index < -0.39 is 0 Å². The molecule has 2 aromatic carbocycles. The van der Waals surface area contributed by atoms with Crippen LogP contribution >= 0.6 is 11.8 Å². The summed E-state index contributed by atoms with van der Waals surface area (Å²) in [5.41, 5.74) is 2.62. The molecule has 0 spiro atoms. The van der Waals surface area contributed by atoms with E-state index in [1.807, 2.05) is 52.0 Å². The lowest BCUT2D eigenvalue weighted by Gasteiger charge is -2.12. The maximum Gasteiger partial charge on any atom is 0.262 e. The zero-order chi connectivity index (χ0) is 25.8. The van der Waals surface area contributed by atoms with Crippen LogP contribution in [0.4, 0.5) is 5.69 Å². The molecule has 2 N–H and O–H groups in total. The number of benzene rings is 2. The lowest BCUT2D eigenvalue weighted by Crippen LogP contribution is -2.28. The largest absolute Gasteiger partial charge is 0.352 e. The Morgan fingerprint density at radius 3 is 2.53 bits per heavy atom. The van der Waals surface area contributed by atoms with Gasteiger partial charge in [-0.1, -0.05) is 50.2 Å². The Morgan fingerprint density at radius 2 is 1.83 bits per heavy atom. The second-order valence-corrected chi connectivity index (χ2v) is 10.1. The first kappa shape index (κ1) is 25.4. The van der Waals surface area contributed by atoms with Crippen LogP contribution in [0.15, 0.2) is 52.4 Å². The number of aromatic nitrogens is 4. The van der Waals surface area contributed by atoms with Crippen molar-refractivity contribution < 1.29 is 9.59 Å². The van der Waals surface area contributed by atoms with E-state index in [-0.39, 0.29) is 23.1 Å². The fraction of sp³-hybridized carbons (Fsp3) is 0.346. The molecule has 0 radical (unpaired) electrons. The number of hydrogen-bond donors (Lipinski definition) is 2. The summed E-state index contributed by atoms with van der Waals surface area (Å²) in [5.74, 6) is 0.416. The summed E-state index contributed by atoms with van der Waals surface area (Å²) in [4.78, 5) is 38.6. The Kier molecular flexibility index (Phi) is 7.73. The number of carbonyl (C=O) groups is 2. The molecule has 4 aromatic rings. The number of anilines is 1. The van der Waals surface area contributed by atoms with Crippen molar-refractivity contribution in [2.24, 2.45) is 5.92 Å². The first-order chi connectivity index (χ1) is 17.3. The van der Waals surface area contributed by atoms with Crippen LogP contribution in [-0.4, -0.2) is 43.3 Å². The van der Waals surface area contributed by atoms with E-state index in [1.54, 1.807) is 27.2 Å². The molecule has 36 heavy (non-hydrogen) atoms. The summed E-state index contributed by atoms with van der Waals surface area (Å²) in [6.07, 6.45) is 0.741. The van der Waals surface area contributed by atoms with E-state index in [2.05, 4.69) is 20.8 Å². The molecule has 2 amide bonds. The number of nitrogens with zero attached hydrogens (tertiary/aromatic N) is 4. The predicted octanol–water partition coefficient (Wildman–Crippen LogP) is 3.88. The van der Waals surface area contributed by atoms with Gasteiger partial charge < -0.3 is 10.6 Å². The zero-order valence-corrected chi connectivity index (χ0v) is 21.7. The minimum absolute atomic E-state index is 0.109. The highest BCUT2D eigenvalue weighted by molar-refractivity contribution is 7.99. The number of hydrogen-bond acceptors (Lipinski definition) is 6. The maximum atomic E-state index is 13.2. The molecule has 4 rings (SSSR count). The number of aryl methyl sites for hydroxylation is 2. The van der Waals surface area contributed by atoms with Crippen LogP contribution in [0.5, 0.6) is 0 Å². The van der Waals surface area contributed by atoms with Crippen molar-refractivity contribution in [3.05, 3.63) is 63.9 Å². The predicted molar refractivity (Wildman–Crippen MR) is 143 cm³/mol. The number of nitrogens with one attached hydrogen (secondary N) is 2. The van der Waals surface area contributed by atoms with Crippen molar-refractivity contribution in [2.75, 3.05) is 17.6 Å². The number of thioether (sulfide) groups is 1. The fourth-order valence-electron chi connectivity index (χ4n) is 3.80. The van der Waals surface area contributed by atoms with Gasteiger partial charge in [-0.3, -0.25) is 23.4 Å². The van der Waals surface area contributed by atoms with Crippen LogP contribution in [-0.2, 0) is 11.3 Å². The monoisotopic (exact) mass is 506 g/mol. The average molecular weight is 507 g/mol. The van der Waals surface area contributed by atoms with E-state index >= 15 is 0 Å². The molecule has 2 aromatic heterocycles. The van der Waals surface area contributed by atoms with Crippen molar-refractivity contribution in [1.29, 1.82) is 0 Å². The SMILES string of the molecule is CCCn1c(=O)c2ccc(C(=O)NCC(C)C)cc2n2c(SCC(=O)Nc3ccc(C)cc3)nnc12. The third-order valence-electron chi connectivity index (χ3n) is 5.62. The van der Waals surface area contributed by atoms with Crippen LogP contribution in [0.3, 0.4) is 0 Å². The van der Waals surface area contributed by atoms with Gasteiger partial charge in [-0.2, -0.15) is 0 Å². The molecule has 2 heterocycles. The van der Waals surface area contributed by atoms with E-state index in [1.165, 1.54) is 11.8 Å². The normalized spacial score (nSPS) is 11.4. The highest BCUT2D eigenvalue weighted by atomic mass is 32.2. The topological polar surface area (TPSA) is 110 Å². The third-order valence-corrected chi connectivity index (χ3v) is 6.55. The van der Waals surface area contributed by atoms with Crippen molar-refractivity contribution in [3.63, 3.8) is 0 Å². The lowest BCUT2D eigenvalue weighted by molar-refractivity contribution is -0.113. The van der Waals surface area contributed by atoms with Gasteiger partial charge in [0.15, 0.2) is 5.16 Å². The molecule has 0 saturated heterocycles. The Labute approximate surface area is 213 Å². The molecule has 0 bridgehead atoms. The van der Waals surface area contributed by atoms with Gasteiger partial charge in [-0.25, -0.2) is 0 Å². The second-order valence-electron chi connectivity index (χ2n) is 9.11. The second kappa shape index (κ2) is 10.9.